The SMILES string of the molecule is CC(C)(C)S(=O)(=O)CCCCCC(=O)Cc1ccc(-c2cnco2)cc1. The van der Waals surface area contributed by atoms with Gasteiger partial charge in [0.05, 0.1) is 16.7 Å². The fourth-order valence-electron chi connectivity index (χ4n) is 2.56. The molecule has 1 aromatic carbocycles. The van der Waals surface area contributed by atoms with Gasteiger partial charge in [-0.25, -0.2) is 13.4 Å². The molecular weight excluding hydrogens is 350 g/mol. The quantitative estimate of drug-likeness (QED) is 0.611. The van der Waals surface area contributed by atoms with Crippen LogP contribution in [0.25, 0.3) is 11.3 Å². The standard InChI is InChI=1S/C20H27NO4S/c1-20(2,3)26(23,24)12-6-4-5-7-18(22)13-16-8-10-17(11-9-16)19-14-21-15-25-19/h8-11,14-15H,4-7,12-13H2,1-3H3. The van der Waals surface area contributed by atoms with Crippen LogP contribution < -0.4 is 0 Å². The van der Waals surface area contributed by atoms with Crippen molar-refractivity contribution < 1.29 is 17.6 Å². The Morgan fingerprint density at radius 2 is 1.77 bits per heavy atom. The predicted octanol–water partition coefficient (Wildman–Crippen LogP) is 4.23. The summed E-state index contributed by atoms with van der Waals surface area (Å²) in [5, 5.41) is 0. The molecule has 142 valence electrons. The summed E-state index contributed by atoms with van der Waals surface area (Å²) in [5.74, 6) is 1.07. The molecule has 0 fully saturated rings. The Hall–Kier alpha value is -1.95. The number of oxazole rings is 1. The van der Waals surface area contributed by atoms with Crippen molar-refractivity contribution >= 4 is 15.6 Å². The Bertz CT molecular complexity index is 800. The number of nitrogens with zero attached hydrogens (tertiary/aromatic N) is 1. The molecule has 2 aromatic rings. The third-order valence-electron chi connectivity index (χ3n) is 4.37. The molecule has 0 aliphatic rings. The van der Waals surface area contributed by atoms with Crippen molar-refractivity contribution in [1.29, 1.82) is 0 Å². The molecule has 0 amide bonds. The van der Waals surface area contributed by atoms with E-state index in [4.69, 9.17) is 4.42 Å². The van der Waals surface area contributed by atoms with E-state index in [0.717, 1.165) is 24.0 Å². The number of carbonyl (C=O) groups is 1. The zero-order valence-corrected chi connectivity index (χ0v) is 16.5. The van der Waals surface area contributed by atoms with Gasteiger partial charge in [-0.2, -0.15) is 0 Å². The summed E-state index contributed by atoms with van der Waals surface area (Å²) in [4.78, 5) is 16.0. The summed E-state index contributed by atoms with van der Waals surface area (Å²) in [5.41, 5.74) is 1.90. The van der Waals surface area contributed by atoms with Gasteiger partial charge < -0.3 is 4.42 Å². The van der Waals surface area contributed by atoms with E-state index in [-0.39, 0.29) is 11.5 Å². The van der Waals surface area contributed by atoms with Crippen LogP contribution in [0.15, 0.2) is 41.3 Å². The largest absolute Gasteiger partial charge is 0.444 e. The van der Waals surface area contributed by atoms with Gasteiger partial charge in [-0.1, -0.05) is 30.7 Å². The first-order chi connectivity index (χ1) is 12.2. The van der Waals surface area contributed by atoms with E-state index in [1.54, 1.807) is 27.0 Å². The molecule has 0 atom stereocenters. The van der Waals surface area contributed by atoms with Crippen LogP contribution in [-0.4, -0.2) is 29.7 Å². The predicted molar refractivity (Wildman–Crippen MR) is 103 cm³/mol. The summed E-state index contributed by atoms with van der Waals surface area (Å²) in [6, 6.07) is 7.68. The van der Waals surface area contributed by atoms with Crippen LogP contribution in [0.2, 0.25) is 0 Å². The normalized spacial score (nSPS) is 12.3. The summed E-state index contributed by atoms with van der Waals surface area (Å²) in [7, 11) is -3.07. The molecule has 2 rings (SSSR count). The maximum absolute atomic E-state index is 12.1. The molecule has 26 heavy (non-hydrogen) atoms. The van der Waals surface area contributed by atoms with Crippen molar-refractivity contribution in [3.05, 3.63) is 42.4 Å². The smallest absolute Gasteiger partial charge is 0.181 e. The minimum Gasteiger partial charge on any atom is -0.444 e. The lowest BCUT2D eigenvalue weighted by Crippen LogP contribution is -2.30. The lowest BCUT2D eigenvalue weighted by atomic mass is 10.0. The molecule has 0 aliphatic heterocycles. The summed E-state index contributed by atoms with van der Waals surface area (Å²) >= 11 is 0. The highest BCUT2D eigenvalue weighted by atomic mass is 32.2. The van der Waals surface area contributed by atoms with Crippen molar-refractivity contribution in [2.75, 3.05) is 5.75 Å². The Morgan fingerprint density at radius 1 is 1.08 bits per heavy atom. The third-order valence-corrected chi connectivity index (χ3v) is 7.07. The molecule has 0 radical (unpaired) electrons. The van der Waals surface area contributed by atoms with Gasteiger partial charge in [0, 0.05) is 18.4 Å². The second-order valence-electron chi connectivity index (χ2n) is 7.52. The van der Waals surface area contributed by atoms with Crippen LogP contribution in [0, 0.1) is 0 Å². The van der Waals surface area contributed by atoms with Gasteiger partial charge >= 0.3 is 0 Å². The van der Waals surface area contributed by atoms with Crippen LogP contribution in [0.1, 0.15) is 52.0 Å². The lowest BCUT2D eigenvalue weighted by molar-refractivity contribution is -0.118. The fraction of sp³-hybridized carbons (Fsp3) is 0.500. The van der Waals surface area contributed by atoms with Crippen LogP contribution in [0.3, 0.4) is 0 Å². The Balaban J connectivity index is 1.71. The molecule has 0 unspecified atom stereocenters. The first-order valence-corrected chi connectivity index (χ1v) is 10.6. The molecule has 0 N–H and O–H groups in total. The second kappa shape index (κ2) is 8.62. The number of benzene rings is 1. The molecule has 5 nitrogen and oxygen atoms in total. The number of sulfone groups is 1. The molecule has 6 heteroatoms. The number of Topliss-reactive ketones (excluding diaryl/α,β-unsaturated/α-hetero) is 1. The van der Waals surface area contributed by atoms with E-state index < -0.39 is 14.6 Å². The monoisotopic (exact) mass is 377 g/mol. The van der Waals surface area contributed by atoms with Crippen LogP contribution in [0.4, 0.5) is 0 Å². The van der Waals surface area contributed by atoms with Crippen molar-refractivity contribution in [3.63, 3.8) is 0 Å². The number of hydrogen-bond donors (Lipinski definition) is 0. The van der Waals surface area contributed by atoms with E-state index >= 15 is 0 Å². The molecule has 0 aliphatic carbocycles. The minimum atomic E-state index is -3.07. The van der Waals surface area contributed by atoms with E-state index in [2.05, 4.69) is 4.98 Å². The van der Waals surface area contributed by atoms with Crippen molar-refractivity contribution in [1.82, 2.24) is 4.98 Å². The van der Waals surface area contributed by atoms with Gasteiger partial charge in [-0.15, -0.1) is 0 Å². The molecule has 1 aromatic heterocycles. The number of aromatic nitrogens is 1. The Labute approximate surface area is 155 Å². The van der Waals surface area contributed by atoms with E-state index in [9.17, 15) is 13.2 Å². The fourth-order valence-corrected chi connectivity index (χ4v) is 3.76. The van der Waals surface area contributed by atoms with Crippen LogP contribution in [-0.2, 0) is 21.1 Å². The molecule has 0 saturated carbocycles. The number of unbranched alkanes of at least 4 members (excludes halogenated alkanes) is 2. The van der Waals surface area contributed by atoms with E-state index in [0.29, 0.717) is 25.0 Å². The summed E-state index contributed by atoms with van der Waals surface area (Å²) in [6.07, 6.45) is 6.02. The van der Waals surface area contributed by atoms with E-state index in [1.165, 1.54) is 6.39 Å². The molecule has 0 saturated heterocycles. The van der Waals surface area contributed by atoms with Crippen molar-refractivity contribution in [3.8, 4) is 11.3 Å². The molecule has 1 heterocycles. The Kier molecular flexibility index (Phi) is 6.75. The summed E-state index contributed by atoms with van der Waals surface area (Å²) < 4.78 is 28.6. The third kappa shape index (κ3) is 5.80. The van der Waals surface area contributed by atoms with Crippen LogP contribution in [0.5, 0.6) is 0 Å². The number of carbonyl (C=O) groups excluding carboxylic acids is 1. The second-order valence-corrected chi connectivity index (χ2v) is 10.4. The number of rotatable bonds is 9. The lowest BCUT2D eigenvalue weighted by Gasteiger charge is -2.18. The van der Waals surface area contributed by atoms with Crippen molar-refractivity contribution in [2.45, 2.75) is 57.6 Å². The van der Waals surface area contributed by atoms with Crippen molar-refractivity contribution in [2.24, 2.45) is 0 Å². The molecule has 0 spiro atoms. The zero-order valence-electron chi connectivity index (χ0n) is 15.7. The van der Waals surface area contributed by atoms with E-state index in [1.807, 2.05) is 24.3 Å². The zero-order chi connectivity index (χ0) is 19.2. The number of ketones is 1. The van der Waals surface area contributed by atoms with Gasteiger partial charge in [-0.3, -0.25) is 4.79 Å². The number of hydrogen-bond acceptors (Lipinski definition) is 5. The maximum Gasteiger partial charge on any atom is 0.181 e. The van der Waals surface area contributed by atoms with Gasteiger partial charge in [-0.05, 0) is 39.2 Å². The van der Waals surface area contributed by atoms with Gasteiger partial charge in [0.2, 0.25) is 0 Å². The average Bonchev–Trinajstić information content (AvgIpc) is 3.08. The highest BCUT2D eigenvalue weighted by Crippen LogP contribution is 2.20. The average molecular weight is 378 g/mol. The van der Waals surface area contributed by atoms with Gasteiger partial charge in [0.25, 0.3) is 0 Å². The highest BCUT2D eigenvalue weighted by molar-refractivity contribution is 7.92. The topological polar surface area (TPSA) is 77.2 Å². The van der Waals surface area contributed by atoms with Gasteiger partial charge in [0.1, 0.15) is 5.78 Å². The highest BCUT2D eigenvalue weighted by Gasteiger charge is 2.27. The molecule has 0 bridgehead atoms. The maximum atomic E-state index is 12.1. The van der Waals surface area contributed by atoms with Gasteiger partial charge in [0.15, 0.2) is 22.0 Å². The minimum absolute atomic E-state index is 0.177. The Morgan fingerprint density at radius 3 is 2.35 bits per heavy atom. The first-order valence-electron chi connectivity index (χ1n) is 8.91. The summed E-state index contributed by atoms with van der Waals surface area (Å²) in [6.45, 7) is 5.17. The first kappa shape index (κ1) is 20.4. The molecular formula is C20H27NO4S. The van der Waals surface area contributed by atoms with Crippen LogP contribution >= 0.6 is 0 Å².